The Kier molecular flexibility index (Phi) is 5.67. The number of rotatable bonds is 7. The molecule has 32 heavy (non-hydrogen) atoms. The van der Waals surface area contributed by atoms with Crippen molar-refractivity contribution in [1.82, 2.24) is 4.98 Å². The van der Waals surface area contributed by atoms with Gasteiger partial charge in [-0.2, -0.15) is 0 Å². The Bertz CT molecular complexity index is 1320. The van der Waals surface area contributed by atoms with Crippen LogP contribution in [0, 0.1) is 10.1 Å². The van der Waals surface area contributed by atoms with Crippen molar-refractivity contribution in [2.24, 2.45) is 0 Å². The average Bonchev–Trinajstić information content (AvgIpc) is 3.25. The predicted octanol–water partition coefficient (Wildman–Crippen LogP) is 5.18. The Labute approximate surface area is 182 Å². The van der Waals surface area contributed by atoms with Crippen LogP contribution in [0.3, 0.4) is 0 Å². The molecule has 0 bridgehead atoms. The normalized spacial score (nSPS) is 11.4. The number of hydrogen-bond donors (Lipinski definition) is 0. The summed E-state index contributed by atoms with van der Waals surface area (Å²) in [6.07, 6.45) is 1.42. The van der Waals surface area contributed by atoms with Gasteiger partial charge in [-0.05, 0) is 42.5 Å². The number of hydrogen-bond acceptors (Lipinski definition) is 7. The number of para-hydroxylation sites is 3. The standard InChI is InChI=1S/C24H18N2O6/c1-30-21-12-11-16(14-22(21)31-2)23(27)17(13-15-7-3-5-9-19(15)26(28)29)24-25-18-8-4-6-10-20(18)32-24/h3-14H,1-2H3. The van der Waals surface area contributed by atoms with E-state index in [2.05, 4.69) is 4.98 Å². The van der Waals surface area contributed by atoms with E-state index in [1.54, 1.807) is 54.6 Å². The molecule has 1 heterocycles. The van der Waals surface area contributed by atoms with E-state index < -0.39 is 10.7 Å². The van der Waals surface area contributed by atoms with E-state index in [0.717, 1.165) is 0 Å². The van der Waals surface area contributed by atoms with Crippen LogP contribution >= 0.6 is 0 Å². The molecule has 0 aliphatic rings. The van der Waals surface area contributed by atoms with Crippen molar-refractivity contribution in [3.05, 3.63) is 93.9 Å². The summed E-state index contributed by atoms with van der Waals surface area (Å²) in [7, 11) is 2.97. The number of aromatic nitrogens is 1. The van der Waals surface area contributed by atoms with E-state index in [1.165, 1.54) is 32.4 Å². The Hall–Kier alpha value is -4.46. The molecule has 3 aromatic carbocycles. The number of nitro groups is 1. The van der Waals surface area contributed by atoms with Gasteiger partial charge in [0.1, 0.15) is 5.52 Å². The number of methoxy groups -OCH3 is 2. The smallest absolute Gasteiger partial charge is 0.276 e. The van der Waals surface area contributed by atoms with E-state index in [4.69, 9.17) is 13.9 Å². The lowest BCUT2D eigenvalue weighted by atomic mass is 9.99. The van der Waals surface area contributed by atoms with Crippen molar-refractivity contribution < 1.29 is 23.6 Å². The molecule has 160 valence electrons. The number of ether oxygens (including phenoxy) is 2. The molecule has 0 saturated heterocycles. The van der Waals surface area contributed by atoms with Crippen LogP contribution in [-0.2, 0) is 0 Å². The van der Waals surface area contributed by atoms with Gasteiger partial charge in [0.15, 0.2) is 22.9 Å². The highest BCUT2D eigenvalue weighted by atomic mass is 16.6. The van der Waals surface area contributed by atoms with Gasteiger partial charge in [0, 0.05) is 11.6 Å². The van der Waals surface area contributed by atoms with Crippen LogP contribution < -0.4 is 9.47 Å². The molecule has 0 spiro atoms. The highest BCUT2D eigenvalue weighted by Crippen LogP contribution is 2.32. The monoisotopic (exact) mass is 430 g/mol. The van der Waals surface area contributed by atoms with Crippen molar-refractivity contribution >= 4 is 34.2 Å². The zero-order valence-electron chi connectivity index (χ0n) is 17.3. The van der Waals surface area contributed by atoms with Crippen molar-refractivity contribution in [3.63, 3.8) is 0 Å². The number of nitro benzene ring substituents is 1. The maximum Gasteiger partial charge on any atom is 0.276 e. The zero-order chi connectivity index (χ0) is 22.7. The number of oxazole rings is 1. The second-order valence-electron chi connectivity index (χ2n) is 6.76. The van der Waals surface area contributed by atoms with E-state index in [-0.39, 0.29) is 28.3 Å². The fraction of sp³-hybridized carbons (Fsp3) is 0.0833. The first-order valence-corrected chi connectivity index (χ1v) is 9.59. The third kappa shape index (κ3) is 3.93. The van der Waals surface area contributed by atoms with Crippen LogP contribution in [0.5, 0.6) is 11.5 Å². The Morgan fingerprint density at radius 1 is 1.00 bits per heavy atom. The summed E-state index contributed by atoms with van der Waals surface area (Å²) in [6, 6.07) is 18.0. The van der Waals surface area contributed by atoms with Crippen LogP contribution in [0.1, 0.15) is 21.8 Å². The minimum Gasteiger partial charge on any atom is -0.493 e. The summed E-state index contributed by atoms with van der Waals surface area (Å²) < 4.78 is 16.4. The first-order chi connectivity index (χ1) is 15.5. The number of nitrogens with zero attached hydrogens (tertiary/aromatic N) is 2. The maximum atomic E-state index is 13.5. The molecule has 8 heteroatoms. The molecule has 0 saturated carbocycles. The summed E-state index contributed by atoms with van der Waals surface area (Å²) in [4.78, 5) is 29.0. The molecular formula is C24H18N2O6. The number of ketones is 1. The molecule has 0 aliphatic carbocycles. The fourth-order valence-electron chi connectivity index (χ4n) is 3.28. The summed E-state index contributed by atoms with van der Waals surface area (Å²) in [5.74, 6) is 0.468. The van der Waals surface area contributed by atoms with Crippen LogP contribution in [-0.4, -0.2) is 29.9 Å². The van der Waals surface area contributed by atoms with E-state index in [1.807, 2.05) is 0 Å². The average molecular weight is 430 g/mol. The highest BCUT2D eigenvalue weighted by Gasteiger charge is 2.23. The number of allylic oxidation sites excluding steroid dienone is 1. The van der Waals surface area contributed by atoms with E-state index in [9.17, 15) is 14.9 Å². The topological polar surface area (TPSA) is 105 Å². The van der Waals surface area contributed by atoms with Gasteiger partial charge >= 0.3 is 0 Å². The van der Waals surface area contributed by atoms with Gasteiger partial charge in [-0.15, -0.1) is 0 Å². The Morgan fingerprint density at radius 3 is 2.44 bits per heavy atom. The maximum absolute atomic E-state index is 13.5. The molecule has 0 fully saturated rings. The van der Waals surface area contributed by atoms with Gasteiger partial charge in [0.25, 0.3) is 5.69 Å². The summed E-state index contributed by atoms with van der Waals surface area (Å²) in [6.45, 7) is 0. The molecule has 0 unspecified atom stereocenters. The number of carbonyl (C=O) groups excluding carboxylic acids is 1. The molecule has 0 atom stereocenters. The molecule has 0 aliphatic heterocycles. The number of Topliss-reactive ketones (excluding diaryl/α,β-unsaturated/α-hetero) is 1. The minimum absolute atomic E-state index is 0.0594. The fourth-order valence-corrected chi connectivity index (χ4v) is 3.28. The highest BCUT2D eigenvalue weighted by molar-refractivity contribution is 6.32. The van der Waals surface area contributed by atoms with Gasteiger partial charge < -0.3 is 13.9 Å². The predicted molar refractivity (Wildman–Crippen MR) is 119 cm³/mol. The minimum atomic E-state index is -0.504. The molecule has 4 rings (SSSR count). The quantitative estimate of drug-likeness (QED) is 0.172. The summed E-state index contributed by atoms with van der Waals surface area (Å²) >= 11 is 0. The van der Waals surface area contributed by atoms with Crippen molar-refractivity contribution in [3.8, 4) is 11.5 Å². The first-order valence-electron chi connectivity index (χ1n) is 9.59. The SMILES string of the molecule is COc1ccc(C(=O)C(=Cc2ccccc2[N+](=O)[O-])c2nc3ccccc3o2)cc1OC. The van der Waals surface area contributed by atoms with Gasteiger partial charge in [-0.25, -0.2) is 4.98 Å². The van der Waals surface area contributed by atoms with Crippen LogP contribution in [0.4, 0.5) is 5.69 Å². The molecular weight excluding hydrogens is 412 g/mol. The largest absolute Gasteiger partial charge is 0.493 e. The van der Waals surface area contributed by atoms with E-state index in [0.29, 0.717) is 22.6 Å². The lowest BCUT2D eigenvalue weighted by Gasteiger charge is -2.10. The molecule has 0 radical (unpaired) electrons. The van der Waals surface area contributed by atoms with Crippen molar-refractivity contribution in [2.75, 3.05) is 14.2 Å². The van der Waals surface area contributed by atoms with Crippen molar-refractivity contribution in [1.29, 1.82) is 0 Å². The lowest BCUT2D eigenvalue weighted by molar-refractivity contribution is -0.385. The molecule has 0 amide bonds. The molecule has 8 nitrogen and oxygen atoms in total. The van der Waals surface area contributed by atoms with Crippen LogP contribution in [0.25, 0.3) is 22.7 Å². The summed E-state index contributed by atoms with van der Waals surface area (Å²) in [5.41, 5.74) is 1.54. The number of fused-ring (bicyclic) bond motifs is 1. The van der Waals surface area contributed by atoms with Gasteiger partial charge in [0.05, 0.1) is 30.3 Å². The third-order valence-corrected chi connectivity index (χ3v) is 4.85. The third-order valence-electron chi connectivity index (χ3n) is 4.85. The Balaban J connectivity index is 1.90. The molecule has 0 N–H and O–H groups in total. The number of benzene rings is 3. The van der Waals surface area contributed by atoms with E-state index >= 15 is 0 Å². The second-order valence-corrected chi connectivity index (χ2v) is 6.76. The number of carbonyl (C=O) groups is 1. The van der Waals surface area contributed by atoms with Crippen LogP contribution in [0.2, 0.25) is 0 Å². The lowest BCUT2D eigenvalue weighted by Crippen LogP contribution is -2.05. The van der Waals surface area contributed by atoms with Gasteiger partial charge in [-0.1, -0.05) is 24.3 Å². The first kappa shape index (κ1) is 20.8. The van der Waals surface area contributed by atoms with Gasteiger partial charge in [-0.3, -0.25) is 14.9 Å². The van der Waals surface area contributed by atoms with Crippen LogP contribution in [0.15, 0.2) is 71.1 Å². The molecule has 4 aromatic rings. The van der Waals surface area contributed by atoms with Crippen molar-refractivity contribution in [2.45, 2.75) is 0 Å². The summed E-state index contributed by atoms with van der Waals surface area (Å²) in [5, 5.41) is 11.5. The zero-order valence-corrected chi connectivity index (χ0v) is 17.3. The Morgan fingerprint density at radius 2 is 1.72 bits per heavy atom. The molecule has 1 aromatic heterocycles. The van der Waals surface area contributed by atoms with Gasteiger partial charge in [0.2, 0.25) is 5.89 Å². The second kappa shape index (κ2) is 8.73.